The van der Waals surface area contributed by atoms with E-state index in [1.807, 2.05) is 72.8 Å². The van der Waals surface area contributed by atoms with Gasteiger partial charge in [0, 0.05) is 21.8 Å². The van der Waals surface area contributed by atoms with Crippen LogP contribution in [0, 0.1) is 0 Å². The molecule has 0 heterocycles. The fraction of sp³-hybridized carbons (Fsp3) is 0.167. The van der Waals surface area contributed by atoms with Crippen molar-refractivity contribution in [3.8, 4) is 0 Å². The summed E-state index contributed by atoms with van der Waals surface area (Å²) in [4.78, 5) is 23.7. The minimum atomic E-state index is -0.199. The molecule has 2 N–H and O–H groups in total. The first-order valence-electron chi connectivity index (χ1n) is 10.0. The lowest BCUT2D eigenvalue weighted by atomic mass is 10.2. The predicted molar refractivity (Wildman–Crippen MR) is 138 cm³/mol. The Kier molecular flexibility index (Phi) is 12.0. The Morgan fingerprint density at radius 2 is 1.06 bits per heavy atom. The molecule has 0 aliphatic carbocycles. The van der Waals surface area contributed by atoms with Gasteiger partial charge in [-0.25, -0.2) is 10.9 Å². The van der Waals surface area contributed by atoms with Crippen LogP contribution >= 0.6 is 31.9 Å². The first-order chi connectivity index (χ1) is 15.5. The highest BCUT2D eigenvalue weighted by Gasteiger charge is 2.03. The summed E-state index contributed by atoms with van der Waals surface area (Å²) in [6.07, 6.45) is 8.59. The number of hydrazone groups is 2. The van der Waals surface area contributed by atoms with Crippen molar-refractivity contribution in [1.29, 1.82) is 0 Å². The molecule has 2 rings (SSSR count). The van der Waals surface area contributed by atoms with Crippen LogP contribution < -0.4 is 10.9 Å². The van der Waals surface area contributed by atoms with Crippen LogP contribution in [0.25, 0.3) is 12.2 Å². The zero-order valence-corrected chi connectivity index (χ0v) is 20.6. The SMILES string of the molecule is O=C(CCCCC(=O)NN=C/C(Br)=C\c1ccccc1)NN=C/C(Br)=C/c1ccccc1. The number of carbonyl (C=O) groups is 2. The Hall–Kier alpha value is -2.84. The van der Waals surface area contributed by atoms with Gasteiger partial charge in [-0.05, 0) is 68.0 Å². The van der Waals surface area contributed by atoms with Crippen LogP contribution in [0.3, 0.4) is 0 Å². The Balaban J connectivity index is 1.59. The van der Waals surface area contributed by atoms with Crippen LogP contribution in [-0.4, -0.2) is 24.2 Å². The molecule has 166 valence electrons. The molecule has 0 saturated carbocycles. The van der Waals surface area contributed by atoms with Crippen molar-refractivity contribution in [2.45, 2.75) is 25.7 Å². The monoisotopic (exact) mass is 558 g/mol. The van der Waals surface area contributed by atoms with E-state index in [-0.39, 0.29) is 11.8 Å². The minimum Gasteiger partial charge on any atom is -0.273 e. The highest BCUT2D eigenvalue weighted by Crippen LogP contribution is 2.10. The number of benzene rings is 2. The topological polar surface area (TPSA) is 82.9 Å². The van der Waals surface area contributed by atoms with E-state index in [0.717, 1.165) is 20.1 Å². The van der Waals surface area contributed by atoms with Crippen molar-refractivity contribution in [3.63, 3.8) is 0 Å². The van der Waals surface area contributed by atoms with Gasteiger partial charge in [0.25, 0.3) is 0 Å². The van der Waals surface area contributed by atoms with E-state index < -0.39 is 0 Å². The Morgan fingerprint density at radius 1 is 0.688 bits per heavy atom. The summed E-state index contributed by atoms with van der Waals surface area (Å²) < 4.78 is 1.48. The molecular weight excluding hydrogens is 536 g/mol. The molecule has 32 heavy (non-hydrogen) atoms. The molecule has 0 fully saturated rings. The lowest BCUT2D eigenvalue weighted by molar-refractivity contribution is -0.123. The number of nitrogens with one attached hydrogen (secondary N) is 2. The van der Waals surface area contributed by atoms with Crippen molar-refractivity contribution >= 4 is 68.3 Å². The second-order valence-corrected chi connectivity index (χ2v) is 8.50. The molecule has 8 heteroatoms. The van der Waals surface area contributed by atoms with Gasteiger partial charge < -0.3 is 0 Å². The number of halogens is 2. The molecule has 0 aromatic heterocycles. The zero-order chi connectivity index (χ0) is 23.0. The van der Waals surface area contributed by atoms with Gasteiger partial charge in [-0.1, -0.05) is 60.7 Å². The molecular formula is C24H24Br2N4O2. The summed E-state index contributed by atoms with van der Waals surface area (Å²) in [6.45, 7) is 0. The van der Waals surface area contributed by atoms with Crippen LogP contribution in [0.4, 0.5) is 0 Å². The predicted octanol–water partition coefficient (Wildman–Crippen LogP) is 5.62. The summed E-state index contributed by atoms with van der Waals surface area (Å²) in [7, 11) is 0. The van der Waals surface area contributed by atoms with Crippen molar-refractivity contribution in [2.24, 2.45) is 10.2 Å². The van der Waals surface area contributed by atoms with Crippen molar-refractivity contribution < 1.29 is 9.59 Å². The average Bonchev–Trinajstić information content (AvgIpc) is 2.78. The second-order valence-electron chi connectivity index (χ2n) is 6.67. The highest BCUT2D eigenvalue weighted by atomic mass is 79.9. The summed E-state index contributed by atoms with van der Waals surface area (Å²) in [6, 6.07) is 19.5. The largest absolute Gasteiger partial charge is 0.273 e. The number of nitrogens with zero attached hydrogens (tertiary/aromatic N) is 2. The molecule has 0 saturated heterocycles. The number of hydrogen-bond donors (Lipinski definition) is 2. The molecule has 0 atom stereocenters. The first-order valence-corrected chi connectivity index (χ1v) is 11.6. The van der Waals surface area contributed by atoms with Gasteiger partial charge in [-0.3, -0.25) is 9.59 Å². The molecule has 0 radical (unpaired) electrons. The average molecular weight is 560 g/mol. The molecule has 2 aromatic carbocycles. The zero-order valence-electron chi connectivity index (χ0n) is 17.4. The van der Waals surface area contributed by atoms with Gasteiger partial charge in [0.15, 0.2) is 0 Å². The third kappa shape index (κ3) is 11.5. The molecule has 0 spiro atoms. The first kappa shape index (κ1) is 25.4. The fourth-order valence-electron chi connectivity index (χ4n) is 2.51. The quantitative estimate of drug-likeness (QED) is 0.213. The van der Waals surface area contributed by atoms with Crippen LogP contribution in [0.1, 0.15) is 36.8 Å². The second kappa shape index (κ2) is 15.0. The van der Waals surface area contributed by atoms with Crippen molar-refractivity contribution in [1.82, 2.24) is 10.9 Å². The maximum atomic E-state index is 11.8. The molecule has 0 aliphatic rings. The van der Waals surface area contributed by atoms with Crippen LogP contribution in [0.2, 0.25) is 0 Å². The summed E-state index contributed by atoms with van der Waals surface area (Å²) >= 11 is 6.78. The maximum absolute atomic E-state index is 11.8. The molecule has 2 aromatic rings. The van der Waals surface area contributed by atoms with Gasteiger partial charge in [0.05, 0.1) is 12.4 Å². The summed E-state index contributed by atoms with van der Waals surface area (Å²) in [5, 5.41) is 7.84. The van der Waals surface area contributed by atoms with E-state index in [2.05, 4.69) is 52.9 Å². The van der Waals surface area contributed by atoms with E-state index in [9.17, 15) is 9.59 Å². The van der Waals surface area contributed by atoms with Crippen LogP contribution in [-0.2, 0) is 9.59 Å². The van der Waals surface area contributed by atoms with Gasteiger partial charge in [0.2, 0.25) is 11.8 Å². The summed E-state index contributed by atoms with van der Waals surface area (Å²) in [5.41, 5.74) is 7.01. The number of unbranched alkanes of at least 4 members (excludes halogenated alkanes) is 1. The number of allylic oxidation sites excluding steroid dienone is 2. The third-order valence-electron chi connectivity index (χ3n) is 4.02. The van der Waals surface area contributed by atoms with Gasteiger partial charge >= 0.3 is 0 Å². The lowest BCUT2D eigenvalue weighted by Gasteiger charge is -2.01. The molecule has 0 unspecified atom stereocenters. The minimum absolute atomic E-state index is 0.199. The van der Waals surface area contributed by atoms with E-state index in [1.165, 1.54) is 12.4 Å². The Labute approximate surface area is 204 Å². The maximum Gasteiger partial charge on any atom is 0.240 e. The normalized spacial score (nSPS) is 12.3. The van der Waals surface area contributed by atoms with Crippen molar-refractivity contribution in [3.05, 3.63) is 80.8 Å². The standard InChI is InChI=1S/C24H24Br2N4O2/c25-21(15-19-9-3-1-4-10-19)17-27-29-23(31)13-7-8-14-24(32)30-28-18-22(26)16-20-11-5-2-6-12-20/h1-6,9-12,15-18H,7-8,13-14H2,(H,29,31)(H,30,32)/b21-15-,22-16+,27-17?,28-18?. The van der Waals surface area contributed by atoms with Gasteiger partial charge in [-0.15, -0.1) is 0 Å². The van der Waals surface area contributed by atoms with E-state index in [1.54, 1.807) is 0 Å². The number of hydrogen-bond acceptors (Lipinski definition) is 4. The lowest BCUT2D eigenvalue weighted by Crippen LogP contribution is -2.18. The number of amides is 2. The van der Waals surface area contributed by atoms with E-state index in [0.29, 0.717) is 25.7 Å². The summed E-state index contributed by atoms with van der Waals surface area (Å²) in [5.74, 6) is -0.399. The molecule has 2 amide bonds. The fourth-order valence-corrected chi connectivity index (χ4v) is 3.24. The van der Waals surface area contributed by atoms with E-state index in [4.69, 9.17) is 0 Å². The van der Waals surface area contributed by atoms with Crippen LogP contribution in [0.15, 0.2) is 79.8 Å². The Bertz CT molecular complexity index is 906. The molecule has 0 aliphatic heterocycles. The van der Waals surface area contributed by atoms with Gasteiger partial charge in [-0.2, -0.15) is 10.2 Å². The highest BCUT2D eigenvalue weighted by molar-refractivity contribution is 9.12. The van der Waals surface area contributed by atoms with Crippen LogP contribution in [0.5, 0.6) is 0 Å². The van der Waals surface area contributed by atoms with Crippen molar-refractivity contribution in [2.75, 3.05) is 0 Å². The number of rotatable bonds is 11. The third-order valence-corrected chi connectivity index (χ3v) is 4.89. The number of carbonyl (C=O) groups excluding carboxylic acids is 2. The molecule has 6 nitrogen and oxygen atoms in total. The van der Waals surface area contributed by atoms with Gasteiger partial charge in [0.1, 0.15) is 0 Å². The van der Waals surface area contributed by atoms with E-state index >= 15 is 0 Å². The Morgan fingerprint density at radius 3 is 1.44 bits per heavy atom. The smallest absolute Gasteiger partial charge is 0.240 e. The molecule has 0 bridgehead atoms.